The van der Waals surface area contributed by atoms with E-state index in [2.05, 4.69) is 5.32 Å². The quantitative estimate of drug-likeness (QED) is 0.917. The number of hydrogen-bond donors (Lipinski definition) is 1. The van der Waals surface area contributed by atoms with Crippen molar-refractivity contribution in [2.45, 2.75) is 25.4 Å². The van der Waals surface area contributed by atoms with Gasteiger partial charge in [-0.2, -0.15) is 0 Å². The summed E-state index contributed by atoms with van der Waals surface area (Å²) < 4.78 is 5.11. The van der Waals surface area contributed by atoms with E-state index in [0.717, 1.165) is 30.7 Å². The highest BCUT2D eigenvalue weighted by Gasteiger charge is 2.24. The maximum absolute atomic E-state index is 12.1. The molecule has 106 valence electrons. The van der Waals surface area contributed by atoms with Crippen LogP contribution in [0.4, 0.5) is 0 Å². The minimum absolute atomic E-state index is 0. The van der Waals surface area contributed by atoms with Crippen molar-refractivity contribution in [2.75, 3.05) is 20.7 Å². The van der Waals surface area contributed by atoms with Gasteiger partial charge in [0, 0.05) is 13.6 Å². The van der Waals surface area contributed by atoms with Crippen LogP contribution < -0.4 is 10.1 Å². The summed E-state index contributed by atoms with van der Waals surface area (Å²) >= 11 is 0. The Bertz CT molecular complexity index is 402. The van der Waals surface area contributed by atoms with Gasteiger partial charge in [-0.05, 0) is 37.1 Å². The third-order valence-corrected chi connectivity index (χ3v) is 3.31. The van der Waals surface area contributed by atoms with Crippen molar-refractivity contribution in [3.8, 4) is 5.75 Å². The smallest absolute Gasteiger partial charge is 0.239 e. The van der Waals surface area contributed by atoms with E-state index in [1.165, 1.54) is 0 Å². The van der Waals surface area contributed by atoms with Gasteiger partial charge in [-0.15, -0.1) is 12.4 Å². The molecule has 1 aliphatic rings. The molecular weight excluding hydrogens is 264 g/mol. The minimum Gasteiger partial charge on any atom is -0.497 e. The molecule has 1 N–H and O–H groups in total. The van der Waals surface area contributed by atoms with Gasteiger partial charge >= 0.3 is 0 Å². The van der Waals surface area contributed by atoms with Gasteiger partial charge in [0.05, 0.1) is 13.2 Å². The van der Waals surface area contributed by atoms with Gasteiger partial charge in [0.2, 0.25) is 5.91 Å². The molecule has 0 spiro atoms. The van der Waals surface area contributed by atoms with E-state index >= 15 is 0 Å². The summed E-state index contributed by atoms with van der Waals surface area (Å²) in [4.78, 5) is 13.9. The maximum Gasteiger partial charge on any atom is 0.239 e. The number of benzene rings is 1. The summed E-state index contributed by atoms with van der Waals surface area (Å²) in [5, 5.41) is 3.23. The van der Waals surface area contributed by atoms with Gasteiger partial charge < -0.3 is 15.0 Å². The molecule has 1 amide bonds. The fourth-order valence-electron chi connectivity index (χ4n) is 2.24. The number of amides is 1. The molecule has 0 radical (unpaired) electrons. The van der Waals surface area contributed by atoms with Crippen molar-refractivity contribution in [1.82, 2.24) is 10.2 Å². The predicted octanol–water partition coefficient (Wildman–Crippen LogP) is 1.83. The third kappa shape index (κ3) is 4.11. The second kappa shape index (κ2) is 7.36. The molecular formula is C14H21ClN2O2. The highest BCUT2D eigenvalue weighted by molar-refractivity contribution is 5.85. The first-order chi connectivity index (χ1) is 8.70. The first-order valence-corrected chi connectivity index (χ1v) is 6.32. The largest absolute Gasteiger partial charge is 0.497 e. The lowest BCUT2D eigenvalue weighted by atomic mass is 10.1. The molecule has 1 aromatic carbocycles. The molecule has 0 aromatic heterocycles. The Morgan fingerprint density at radius 3 is 2.63 bits per heavy atom. The zero-order chi connectivity index (χ0) is 13.0. The van der Waals surface area contributed by atoms with Crippen molar-refractivity contribution in [1.29, 1.82) is 0 Å². The molecule has 4 nitrogen and oxygen atoms in total. The van der Waals surface area contributed by atoms with E-state index in [1.54, 1.807) is 12.0 Å². The number of nitrogens with zero attached hydrogens (tertiary/aromatic N) is 1. The van der Waals surface area contributed by atoms with Crippen LogP contribution in [0.1, 0.15) is 18.4 Å². The Morgan fingerprint density at radius 2 is 2.11 bits per heavy atom. The maximum atomic E-state index is 12.1. The number of methoxy groups -OCH3 is 1. The van der Waals surface area contributed by atoms with Crippen molar-refractivity contribution in [3.63, 3.8) is 0 Å². The lowest BCUT2D eigenvalue weighted by Gasteiger charge is -2.21. The number of likely N-dealkylation sites (N-methyl/N-ethyl adjacent to an activating group) is 1. The van der Waals surface area contributed by atoms with Crippen LogP contribution >= 0.6 is 12.4 Å². The number of carbonyl (C=O) groups is 1. The summed E-state index contributed by atoms with van der Waals surface area (Å²) in [6.45, 7) is 1.59. The van der Waals surface area contributed by atoms with Crippen LogP contribution in [0.15, 0.2) is 24.3 Å². The van der Waals surface area contributed by atoms with E-state index in [-0.39, 0.29) is 24.4 Å². The first-order valence-electron chi connectivity index (χ1n) is 6.32. The number of ether oxygens (including phenoxy) is 1. The van der Waals surface area contributed by atoms with Crippen molar-refractivity contribution >= 4 is 18.3 Å². The van der Waals surface area contributed by atoms with Crippen molar-refractivity contribution in [3.05, 3.63) is 29.8 Å². The molecule has 0 aliphatic carbocycles. The van der Waals surface area contributed by atoms with E-state index < -0.39 is 0 Å². The fourth-order valence-corrected chi connectivity index (χ4v) is 2.24. The fraction of sp³-hybridized carbons (Fsp3) is 0.500. The molecule has 1 unspecified atom stereocenters. The van der Waals surface area contributed by atoms with Crippen LogP contribution in [0.3, 0.4) is 0 Å². The van der Waals surface area contributed by atoms with E-state index in [4.69, 9.17) is 4.74 Å². The van der Waals surface area contributed by atoms with E-state index in [1.807, 2.05) is 31.3 Å². The average molecular weight is 285 g/mol. The van der Waals surface area contributed by atoms with Gasteiger partial charge in [-0.3, -0.25) is 4.79 Å². The van der Waals surface area contributed by atoms with Gasteiger partial charge in [0.25, 0.3) is 0 Å². The topological polar surface area (TPSA) is 41.6 Å². The lowest BCUT2D eigenvalue weighted by molar-refractivity contribution is -0.132. The van der Waals surface area contributed by atoms with Gasteiger partial charge in [-0.1, -0.05) is 12.1 Å². The number of halogens is 1. The highest BCUT2D eigenvalue weighted by atomic mass is 35.5. The highest BCUT2D eigenvalue weighted by Crippen LogP contribution is 2.14. The summed E-state index contributed by atoms with van der Waals surface area (Å²) in [5.74, 6) is 1.02. The molecule has 0 saturated carbocycles. The monoisotopic (exact) mass is 284 g/mol. The van der Waals surface area contributed by atoms with Crippen molar-refractivity contribution in [2.24, 2.45) is 0 Å². The molecule has 2 rings (SSSR count). The number of hydrogen-bond acceptors (Lipinski definition) is 3. The Morgan fingerprint density at radius 1 is 1.42 bits per heavy atom. The van der Waals surface area contributed by atoms with Crippen LogP contribution in [0.5, 0.6) is 5.75 Å². The van der Waals surface area contributed by atoms with Crippen molar-refractivity contribution < 1.29 is 9.53 Å². The van der Waals surface area contributed by atoms with Crippen LogP contribution in [0.2, 0.25) is 0 Å². The predicted molar refractivity (Wildman–Crippen MR) is 77.7 cm³/mol. The van der Waals surface area contributed by atoms with Crippen LogP contribution in [0, 0.1) is 0 Å². The number of nitrogens with one attached hydrogen (secondary N) is 1. The molecule has 1 aliphatic heterocycles. The van der Waals surface area contributed by atoms with Crippen LogP contribution in [0.25, 0.3) is 0 Å². The minimum atomic E-state index is 0. The van der Waals surface area contributed by atoms with Crippen LogP contribution in [-0.2, 0) is 11.3 Å². The molecule has 1 aromatic rings. The normalized spacial score (nSPS) is 17.7. The van der Waals surface area contributed by atoms with Gasteiger partial charge in [0.15, 0.2) is 0 Å². The van der Waals surface area contributed by atoms with E-state index in [9.17, 15) is 4.79 Å². The molecule has 1 heterocycles. The molecule has 1 fully saturated rings. The number of rotatable bonds is 4. The van der Waals surface area contributed by atoms with Gasteiger partial charge in [0.1, 0.15) is 5.75 Å². The lowest BCUT2D eigenvalue weighted by Crippen LogP contribution is -2.41. The Labute approximate surface area is 120 Å². The molecule has 0 bridgehead atoms. The Kier molecular flexibility index (Phi) is 6.12. The summed E-state index contributed by atoms with van der Waals surface area (Å²) in [7, 11) is 3.50. The average Bonchev–Trinajstić information content (AvgIpc) is 2.92. The molecule has 1 atom stereocenters. The third-order valence-electron chi connectivity index (χ3n) is 3.31. The zero-order valence-corrected chi connectivity index (χ0v) is 12.2. The Balaban J connectivity index is 0.00000180. The molecule has 19 heavy (non-hydrogen) atoms. The van der Waals surface area contributed by atoms with Crippen LogP contribution in [-0.4, -0.2) is 37.6 Å². The second-order valence-corrected chi connectivity index (χ2v) is 4.69. The first kappa shape index (κ1) is 15.8. The number of carbonyl (C=O) groups excluding carboxylic acids is 1. The van der Waals surface area contributed by atoms with Gasteiger partial charge in [-0.25, -0.2) is 0 Å². The zero-order valence-electron chi connectivity index (χ0n) is 11.4. The van der Waals surface area contributed by atoms with E-state index in [0.29, 0.717) is 6.54 Å². The molecule has 1 saturated heterocycles. The Hall–Kier alpha value is -1.26. The second-order valence-electron chi connectivity index (χ2n) is 4.69. The molecule has 5 heteroatoms. The standard InChI is InChI=1S/C14H20N2O2.ClH/c1-16(14(17)13-4-3-9-15-13)10-11-5-7-12(18-2)8-6-11;/h5-8,13,15H,3-4,9-10H2,1-2H3;1H. The summed E-state index contributed by atoms with van der Waals surface area (Å²) in [6, 6.07) is 7.83. The summed E-state index contributed by atoms with van der Waals surface area (Å²) in [6.07, 6.45) is 2.04. The SMILES string of the molecule is COc1ccc(CN(C)C(=O)C2CCCN2)cc1.Cl. The summed E-state index contributed by atoms with van der Waals surface area (Å²) in [5.41, 5.74) is 1.12.